The molecule has 0 bridgehead atoms. The largest absolute Gasteiger partial charge is 0.398 e. The zero-order valence-corrected chi connectivity index (χ0v) is 14.1. The molecule has 0 aromatic rings. The molecule has 0 heterocycles. The molecule has 4 heteroatoms. The lowest BCUT2D eigenvalue weighted by molar-refractivity contribution is 0.245. The Morgan fingerprint density at radius 1 is 0.875 bits per heavy atom. The zero-order valence-electron chi connectivity index (χ0n) is 12.1. The molecule has 0 aliphatic heterocycles. The maximum absolute atomic E-state index is 5.79. The van der Waals surface area contributed by atoms with Crippen molar-refractivity contribution in [2.75, 3.05) is 14.2 Å². The standard InChI is InChI=1S/C12H30O2Si2/c1-7-8-9-10-11-16(13-2,14-3)12-15(4,5)6/h7-12H2,1-6H3. The average molecular weight is 263 g/mol. The summed E-state index contributed by atoms with van der Waals surface area (Å²) < 4.78 is 11.6. The first-order chi connectivity index (χ1) is 7.39. The van der Waals surface area contributed by atoms with Crippen molar-refractivity contribution in [2.24, 2.45) is 0 Å². The van der Waals surface area contributed by atoms with Gasteiger partial charge in [0.2, 0.25) is 0 Å². The third-order valence-electron chi connectivity index (χ3n) is 2.95. The van der Waals surface area contributed by atoms with Gasteiger partial charge < -0.3 is 8.85 Å². The van der Waals surface area contributed by atoms with Crippen LogP contribution in [0.1, 0.15) is 32.6 Å². The van der Waals surface area contributed by atoms with Crippen LogP contribution in [0.25, 0.3) is 0 Å². The molecule has 0 aliphatic carbocycles. The molecule has 0 unspecified atom stereocenters. The van der Waals surface area contributed by atoms with E-state index in [4.69, 9.17) is 8.85 Å². The second-order valence-electron chi connectivity index (χ2n) is 5.87. The van der Waals surface area contributed by atoms with Crippen LogP contribution in [0.15, 0.2) is 0 Å². The molecule has 0 saturated carbocycles. The summed E-state index contributed by atoms with van der Waals surface area (Å²) in [4.78, 5) is 0. The van der Waals surface area contributed by atoms with E-state index >= 15 is 0 Å². The van der Waals surface area contributed by atoms with E-state index in [9.17, 15) is 0 Å². The van der Waals surface area contributed by atoms with E-state index in [0.717, 1.165) is 0 Å². The van der Waals surface area contributed by atoms with Gasteiger partial charge in [-0.05, 0) is 11.7 Å². The Bertz CT molecular complexity index is 174. The summed E-state index contributed by atoms with van der Waals surface area (Å²) >= 11 is 0. The lowest BCUT2D eigenvalue weighted by atomic mass is 10.2. The Labute approximate surface area is 104 Å². The second-order valence-corrected chi connectivity index (χ2v) is 15.5. The number of hydrogen-bond donors (Lipinski definition) is 0. The number of unbranched alkanes of at least 4 members (excludes halogenated alkanes) is 3. The fourth-order valence-electron chi connectivity index (χ4n) is 2.15. The molecule has 0 amide bonds. The first kappa shape index (κ1) is 16.4. The van der Waals surface area contributed by atoms with Crippen molar-refractivity contribution in [1.29, 1.82) is 0 Å². The molecule has 0 atom stereocenters. The Morgan fingerprint density at radius 3 is 1.81 bits per heavy atom. The summed E-state index contributed by atoms with van der Waals surface area (Å²) in [6.07, 6.45) is 5.23. The molecule has 0 spiro atoms. The molecule has 0 saturated heterocycles. The van der Waals surface area contributed by atoms with E-state index < -0.39 is 16.6 Å². The third kappa shape index (κ3) is 6.83. The van der Waals surface area contributed by atoms with Crippen LogP contribution in [-0.4, -0.2) is 30.9 Å². The van der Waals surface area contributed by atoms with Crippen LogP contribution in [0.4, 0.5) is 0 Å². The van der Waals surface area contributed by atoms with Crippen LogP contribution in [0, 0.1) is 0 Å². The van der Waals surface area contributed by atoms with Gasteiger partial charge in [0.15, 0.2) is 0 Å². The molecule has 0 radical (unpaired) electrons. The van der Waals surface area contributed by atoms with E-state index in [-0.39, 0.29) is 0 Å². The van der Waals surface area contributed by atoms with Crippen molar-refractivity contribution < 1.29 is 8.85 Å². The summed E-state index contributed by atoms with van der Waals surface area (Å²) in [6, 6.07) is 1.17. The summed E-state index contributed by atoms with van der Waals surface area (Å²) in [5.41, 5.74) is 1.22. The molecule has 0 N–H and O–H groups in total. The first-order valence-electron chi connectivity index (χ1n) is 6.49. The van der Waals surface area contributed by atoms with Crippen molar-refractivity contribution in [1.82, 2.24) is 0 Å². The minimum atomic E-state index is -1.87. The summed E-state index contributed by atoms with van der Waals surface area (Å²) in [7, 11) is 0.727. The molecule has 0 rings (SSSR count). The van der Waals surface area contributed by atoms with E-state index in [2.05, 4.69) is 26.6 Å². The highest BCUT2D eigenvalue weighted by Crippen LogP contribution is 2.26. The van der Waals surface area contributed by atoms with Gasteiger partial charge in [-0.2, -0.15) is 0 Å². The Kier molecular flexibility index (Phi) is 7.80. The fraction of sp³-hybridized carbons (Fsp3) is 1.00. The molecular weight excluding hydrogens is 232 g/mol. The number of hydrogen-bond acceptors (Lipinski definition) is 2. The highest BCUT2D eigenvalue weighted by Gasteiger charge is 2.39. The monoisotopic (exact) mass is 262 g/mol. The third-order valence-corrected chi connectivity index (χ3v) is 12.0. The van der Waals surface area contributed by atoms with Gasteiger partial charge in [-0.25, -0.2) is 0 Å². The average Bonchev–Trinajstić information content (AvgIpc) is 2.21. The molecule has 2 nitrogen and oxygen atoms in total. The predicted octanol–water partition coefficient (Wildman–Crippen LogP) is 4.18. The fourth-order valence-corrected chi connectivity index (χ4v) is 11.8. The maximum Gasteiger partial charge on any atom is 0.334 e. The van der Waals surface area contributed by atoms with Crippen LogP contribution in [-0.2, 0) is 8.85 Å². The van der Waals surface area contributed by atoms with Gasteiger partial charge in [0.05, 0.1) is 0 Å². The van der Waals surface area contributed by atoms with Gasteiger partial charge in [0.1, 0.15) is 0 Å². The van der Waals surface area contributed by atoms with E-state index in [0.29, 0.717) is 0 Å². The Morgan fingerprint density at radius 2 is 1.44 bits per heavy atom. The van der Waals surface area contributed by atoms with Gasteiger partial charge in [-0.15, -0.1) is 0 Å². The lowest BCUT2D eigenvalue weighted by Crippen LogP contribution is -2.46. The SMILES string of the molecule is CCCCCC[Si](C[Si](C)(C)C)(OC)OC. The van der Waals surface area contributed by atoms with Gasteiger partial charge in [-0.1, -0.05) is 52.2 Å². The van der Waals surface area contributed by atoms with E-state index in [1.807, 2.05) is 14.2 Å². The molecule has 0 fully saturated rings. The van der Waals surface area contributed by atoms with Gasteiger partial charge in [0, 0.05) is 22.3 Å². The minimum absolute atomic E-state index is 1.09. The molecule has 0 aromatic heterocycles. The van der Waals surface area contributed by atoms with Crippen LogP contribution in [0.3, 0.4) is 0 Å². The zero-order chi connectivity index (χ0) is 12.7. The van der Waals surface area contributed by atoms with Crippen molar-refractivity contribution in [3.8, 4) is 0 Å². The first-order valence-corrected chi connectivity index (χ1v) is 12.4. The van der Waals surface area contributed by atoms with Crippen molar-refractivity contribution >= 4 is 16.6 Å². The molecule has 16 heavy (non-hydrogen) atoms. The lowest BCUT2D eigenvalue weighted by Gasteiger charge is -2.32. The van der Waals surface area contributed by atoms with Gasteiger partial charge in [0.25, 0.3) is 0 Å². The summed E-state index contributed by atoms with van der Waals surface area (Å²) in [5.74, 6) is 0. The molecular formula is C12H30O2Si2. The summed E-state index contributed by atoms with van der Waals surface area (Å²) in [6.45, 7) is 9.45. The van der Waals surface area contributed by atoms with Crippen LogP contribution in [0.5, 0.6) is 0 Å². The van der Waals surface area contributed by atoms with Crippen LogP contribution in [0.2, 0.25) is 31.4 Å². The topological polar surface area (TPSA) is 18.5 Å². The van der Waals surface area contributed by atoms with Crippen molar-refractivity contribution in [2.45, 2.75) is 64.0 Å². The quantitative estimate of drug-likeness (QED) is 0.458. The molecule has 98 valence electrons. The smallest absolute Gasteiger partial charge is 0.334 e. The Balaban J connectivity index is 4.21. The summed E-state index contributed by atoms with van der Waals surface area (Å²) in [5, 5.41) is 0. The van der Waals surface area contributed by atoms with Gasteiger partial charge in [-0.3, -0.25) is 0 Å². The predicted molar refractivity (Wildman–Crippen MR) is 76.9 cm³/mol. The number of rotatable bonds is 9. The molecule has 0 aromatic carbocycles. The minimum Gasteiger partial charge on any atom is -0.398 e. The second kappa shape index (κ2) is 7.64. The highest BCUT2D eigenvalue weighted by molar-refractivity contribution is 6.90. The van der Waals surface area contributed by atoms with Gasteiger partial charge >= 0.3 is 8.56 Å². The highest BCUT2D eigenvalue weighted by atomic mass is 28.4. The van der Waals surface area contributed by atoms with E-state index in [1.54, 1.807) is 0 Å². The Hall–Kier alpha value is 0.354. The van der Waals surface area contributed by atoms with Crippen LogP contribution < -0.4 is 0 Å². The van der Waals surface area contributed by atoms with E-state index in [1.165, 1.54) is 37.4 Å². The molecule has 0 aliphatic rings. The van der Waals surface area contributed by atoms with Crippen LogP contribution >= 0.6 is 0 Å². The van der Waals surface area contributed by atoms with Crippen molar-refractivity contribution in [3.63, 3.8) is 0 Å². The normalized spacial score (nSPS) is 13.1. The maximum atomic E-state index is 5.79. The van der Waals surface area contributed by atoms with Crippen molar-refractivity contribution in [3.05, 3.63) is 0 Å².